The third-order valence-corrected chi connectivity index (χ3v) is 7.58. The summed E-state index contributed by atoms with van der Waals surface area (Å²) in [6.45, 7) is 0. The number of halogens is 3. The Morgan fingerprint density at radius 1 is 1.03 bits per heavy atom. The monoisotopic (exact) mass is 535 g/mol. The number of thiophene rings is 1. The fourth-order valence-electron chi connectivity index (χ4n) is 3.48. The number of carbonyl (C=O) groups excluding carboxylic acids is 1. The number of carbonyl (C=O) groups is 1. The molecule has 4 aromatic rings. The number of hydrogen-bond acceptors (Lipinski definition) is 6. The Hall–Kier alpha value is -3.64. The summed E-state index contributed by atoms with van der Waals surface area (Å²) in [5, 5.41) is 3.81. The first kappa shape index (κ1) is 25.5. The number of hydrogen-bond donors (Lipinski definition) is 0. The highest BCUT2D eigenvalue weighted by atomic mass is 32.2. The molecule has 4 rings (SSSR count). The molecule has 2 heterocycles. The molecule has 0 N–H and O–H groups in total. The molecule has 0 aliphatic carbocycles. The van der Waals surface area contributed by atoms with Gasteiger partial charge in [0.25, 0.3) is 0 Å². The first-order chi connectivity index (χ1) is 16.9. The highest BCUT2D eigenvalue weighted by Gasteiger charge is 2.35. The molecule has 2 aromatic carbocycles. The van der Waals surface area contributed by atoms with Crippen molar-refractivity contribution < 1.29 is 31.1 Å². The zero-order valence-corrected chi connectivity index (χ0v) is 20.9. The maximum absolute atomic E-state index is 13.6. The third kappa shape index (κ3) is 5.14. The lowest BCUT2D eigenvalue weighted by molar-refractivity contribution is -0.141. The van der Waals surface area contributed by atoms with Crippen molar-refractivity contribution in [2.24, 2.45) is 0 Å². The molecule has 2 aromatic heterocycles. The van der Waals surface area contributed by atoms with Gasteiger partial charge in [-0.05, 0) is 54.1 Å². The summed E-state index contributed by atoms with van der Waals surface area (Å²) in [6, 6.07) is 17.0. The molecule has 0 radical (unpaired) electrons. The fourth-order valence-corrected chi connectivity index (χ4v) is 5.15. The summed E-state index contributed by atoms with van der Waals surface area (Å²) >= 11 is 1.20. The van der Waals surface area contributed by atoms with Gasteiger partial charge in [0.1, 0.15) is 0 Å². The fraction of sp³-hybridized carbons (Fsp3) is 0.167. The Morgan fingerprint density at radius 3 is 2.39 bits per heavy atom. The summed E-state index contributed by atoms with van der Waals surface area (Å²) in [6.07, 6.45) is -4.21. The van der Waals surface area contributed by atoms with Gasteiger partial charge >= 0.3 is 12.3 Å². The maximum Gasteiger partial charge on any atom is 0.435 e. The number of benzene rings is 2. The minimum absolute atomic E-state index is 0.144. The Bertz CT molecular complexity index is 1540. The Kier molecular flexibility index (Phi) is 6.67. The lowest BCUT2D eigenvalue weighted by atomic mass is 10.2. The zero-order chi connectivity index (χ0) is 26.3. The third-order valence-electron chi connectivity index (χ3n) is 5.32. The number of alkyl halides is 3. The van der Waals surface area contributed by atoms with Crippen LogP contribution in [0.25, 0.3) is 26.7 Å². The minimum Gasteiger partial charge on any atom is -0.452 e. The van der Waals surface area contributed by atoms with Crippen molar-refractivity contribution in [2.75, 3.05) is 25.3 Å². The molecule has 0 aliphatic rings. The van der Waals surface area contributed by atoms with Gasteiger partial charge in [0.15, 0.2) is 15.5 Å². The number of aromatic nitrogens is 2. The van der Waals surface area contributed by atoms with Gasteiger partial charge < -0.3 is 4.74 Å². The molecule has 0 unspecified atom stereocenters. The van der Waals surface area contributed by atoms with Crippen LogP contribution in [0.5, 0.6) is 0 Å². The largest absolute Gasteiger partial charge is 0.452 e. The van der Waals surface area contributed by atoms with E-state index < -0.39 is 27.8 Å². The SMILES string of the molecule is COC(=O)N(C)c1cccc(-n2nc(C(F)(F)F)cc2-c2ccc(-c3cccc(S(C)(=O)=O)c3)s2)c1. The number of rotatable bonds is 5. The van der Waals surface area contributed by atoms with Crippen molar-refractivity contribution >= 4 is 33.0 Å². The van der Waals surface area contributed by atoms with E-state index >= 15 is 0 Å². The Morgan fingerprint density at radius 2 is 1.72 bits per heavy atom. The second-order valence-electron chi connectivity index (χ2n) is 7.84. The smallest absolute Gasteiger partial charge is 0.435 e. The molecule has 0 aliphatic heterocycles. The van der Waals surface area contributed by atoms with Gasteiger partial charge in [0.2, 0.25) is 0 Å². The molecule has 0 saturated heterocycles. The number of sulfone groups is 1. The van der Waals surface area contributed by atoms with Crippen LogP contribution in [-0.4, -0.2) is 44.7 Å². The van der Waals surface area contributed by atoms with E-state index in [2.05, 4.69) is 5.10 Å². The van der Waals surface area contributed by atoms with E-state index in [0.717, 1.165) is 12.3 Å². The summed E-state index contributed by atoms with van der Waals surface area (Å²) < 4.78 is 70.5. The number of ether oxygens (including phenoxy) is 1. The highest BCUT2D eigenvalue weighted by Crippen LogP contribution is 2.39. The van der Waals surface area contributed by atoms with Crippen molar-refractivity contribution in [3.05, 3.63) is 72.4 Å². The average Bonchev–Trinajstić information content (AvgIpc) is 3.50. The molecule has 7 nitrogen and oxygen atoms in total. The lowest BCUT2D eigenvalue weighted by Crippen LogP contribution is -2.25. The molecule has 0 bridgehead atoms. The number of anilines is 1. The standard InChI is InChI=1S/C24H20F3N3O4S2/c1-29(23(31)34-2)16-7-5-8-17(13-16)30-19(14-22(28-30)24(25,26)27)21-11-10-20(35-21)15-6-4-9-18(12-15)36(3,32)33/h4-14H,1-3H3. The molecule has 0 atom stereocenters. The van der Waals surface area contributed by atoms with E-state index in [0.29, 0.717) is 26.7 Å². The lowest BCUT2D eigenvalue weighted by Gasteiger charge is -2.17. The highest BCUT2D eigenvalue weighted by molar-refractivity contribution is 7.90. The van der Waals surface area contributed by atoms with Crippen molar-refractivity contribution in [3.63, 3.8) is 0 Å². The first-order valence-corrected chi connectivity index (χ1v) is 13.1. The van der Waals surface area contributed by atoms with Crippen LogP contribution in [0.3, 0.4) is 0 Å². The predicted octanol–water partition coefficient (Wildman–Crippen LogP) is 5.89. The van der Waals surface area contributed by atoms with Crippen molar-refractivity contribution in [2.45, 2.75) is 11.1 Å². The molecule has 12 heteroatoms. The summed E-state index contributed by atoms with van der Waals surface area (Å²) in [7, 11) is -0.721. The van der Waals surface area contributed by atoms with Crippen molar-refractivity contribution in [1.82, 2.24) is 9.78 Å². The van der Waals surface area contributed by atoms with Crippen molar-refractivity contribution in [3.8, 4) is 26.7 Å². The molecule has 0 saturated carbocycles. The van der Waals surface area contributed by atoms with Gasteiger partial charge in [0.05, 0.1) is 28.3 Å². The van der Waals surface area contributed by atoms with Gasteiger partial charge in [0, 0.05) is 23.9 Å². The molecule has 1 amide bonds. The normalized spacial score (nSPS) is 11.9. The van der Waals surface area contributed by atoms with Crippen molar-refractivity contribution in [1.29, 1.82) is 0 Å². The average molecular weight is 536 g/mol. The van der Waals surface area contributed by atoms with Crippen LogP contribution >= 0.6 is 11.3 Å². The minimum atomic E-state index is -4.68. The maximum atomic E-state index is 13.6. The van der Waals surface area contributed by atoms with E-state index in [4.69, 9.17) is 4.74 Å². The molecule has 188 valence electrons. The van der Waals surface area contributed by atoms with Crippen LogP contribution in [0.4, 0.5) is 23.7 Å². The first-order valence-electron chi connectivity index (χ1n) is 10.4. The molecular weight excluding hydrogens is 515 g/mol. The number of amides is 1. The molecule has 36 heavy (non-hydrogen) atoms. The zero-order valence-electron chi connectivity index (χ0n) is 19.3. The Balaban J connectivity index is 1.81. The van der Waals surface area contributed by atoms with E-state index in [-0.39, 0.29) is 10.6 Å². The topological polar surface area (TPSA) is 81.5 Å². The van der Waals surface area contributed by atoms with Gasteiger partial charge in [-0.1, -0.05) is 18.2 Å². The summed E-state index contributed by atoms with van der Waals surface area (Å²) in [4.78, 5) is 14.4. The van der Waals surface area contributed by atoms with E-state index in [9.17, 15) is 26.4 Å². The van der Waals surface area contributed by atoms with E-state index in [1.807, 2.05) is 0 Å². The number of methoxy groups -OCH3 is 1. The van der Waals surface area contributed by atoms with Crippen LogP contribution in [0.2, 0.25) is 0 Å². The van der Waals surface area contributed by atoms with Gasteiger partial charge in [-0.3, -0.25) is 4.90 Å². The van der Waals surface area contributed by atoms with E-state index in [1.165, 1.54) is 53.3 Å². The second-order valence-corrected chi connectivity index (χ2v) is 10.9. The molecule has 0 fully saturated rings. The van der Waals surface area contributed by atoms with Gasteiger partial charge in [-0.25, -0.2) is 17.9 Å². The molecule has 0 spiro atoms. The van der Waals surface area contributed by atoms with Gasteiger partial charge in [-0.2, -0.15) is 18.3 Å². The summed E-state index contributed by atoms with van der Waals surface area (Å²) in [5.74, 6) is 0. The van der Waals surface area contributed by atoms with Gasteiger partial charge in [-0.15, -0.1) is 11.3 Å². The predicted molar refractivity (Wildman–Crippen MR) is 131 cm³/mol. The quantitative estimate of drug-likeness (QED) is 0.318. The number of nitrogens with zero attached hydrogens (tertiary/aromatic N) is 3. The second kappa shape index (κ2) is 9.43. The summed E-state index contributed by atoms with van der Waals surface area (Å²) in [5.41, 5.74) is 0.452. The Labute approximate surface area is 209 Å². The van der Waals surface area contributed by atoms with Crippen LogP contribution in [0, 0.1) is 0 Å². The van der Waals surface area contributed by atoms with Crippen LogP contribution in [0.15, 0.2) is 71.6 Å². The van der Waals surface area contributed by atoms with Crippen LogP contribution < -0.4 is 4.90 Å². The van der Waals surface area contributed by atoms with Crippen LogP contribution in [0.1, 0.15) is 5.69 Å². The van der Waals surface area contributed by atoms with Crippen LogP contribution in [-0.2, 0) is 20.8 Å². The van der Waals surface area contributed by atoms with E-state index in [1.54, 1.807) is 42.5 Å². The molecular formula is C24H20F3N3O4S2.